The quantitative estimate of drug-likeness (QED) is 0.510. The second kappa shape index (κ2) is 9.09. The first kappa shape index (κ1) is 22.0. The first-order valence-electron chi connectivity index (χ1n) is 10.5. The summed E-state index contributed by atoms with van der Waals surface area (Å²) in [5.74, 6) is 7.07. The van der Waals surface area contributed by atoms with Crippen molar-refractivity contribution in [1.82, 2.24) is 9.97 Å². The Morgan fingerprint density at radius 1 is 1.18 bits per heavy atom. The lowest BCUT2D eigenvalue weighted by Crippen LogP contribution is -2.06. The molecule has 1 aliphatic heterocycles. The molecule has 3 aromatic rings. The number of aliphatic carboxylic acids is 1. The molecule has 0 amide bonds. The number of fused-ring (bicyclic) bond motifs is 1. The smallest absolute Gasteiger partial charge is 0.307 e. The summed E-state index contributed by atoms with van der Waals surface area (Å²) in [7, 11) is 0. The largest absolute Gasteiger partial charge is 0.481 e. The van der Waals surface area contributed by atoms with Crippen molar-refractivity contribution in [2.24, 2.45) is 0 Å². The zero-order valence-corrected chi connectivity index (χ0v) is 18.4. The van der Waals surface area contributed by atoms with E-state index in [4.69, 9.17) is 26.0 Å². The van der Waals surface area contributed by atoms with Gasteiger partial charge in [0.25, 0.3) is 0 Å². The fourth-order valence-corrected chi connectivity index (χ4v) is 3.67. The molecule has 1 aliphatic rings. The van der Waals surface area contributed by atoms with Gasteiger partial charge in [-0.15, -0.1) is 0 Å². The van der Waals surface area contributed by atoms with Gasteiger partial charge >= 0.3 is 5.97 Å². The summed E-state index contributed by atoms with van der Waals surface area (Å²) in [5.41, 5.74) is 16.5. The molecule has 0 saturated carbocycles. The van der Waals surface area contributed by atoms with Crippen molar-refractivity contribution in [3.05, 3.63) is 58.8 Å². The molecule has 168 valence electrons. The summed E-state index contributed by atoms with van der Waals surface area (Å²) in [4.78, 5) is 19.2. The minimum Gasteiger partial charge on any atom is -0.481 e. The molecule has 1 atom stereocenters. The van der Waals surface area contributed by atoms with Crippen LogP contribution in [0.15, 0.2) is 36.4 Å². The number of hydrogen-bond acceptors (Lipinski definition) is 7. The standard InChI is InChI=1S/C25H24N4O4/c1-3-20-18(24(26)29-25(27)28-20)9-4-14(2)17-11-19(23-21(12-17)32-13-33-23)16-7-5-15(6-8-16)10-22(30)31/h5-8,11-12,14H,3,10,13H2,1-2H3,(H,30,31)(H4,26,27,28,29)/t14-/m1/s1. The highest BCUT2D eigenvalue weighted by molar-refractivity contribution is 5.77. The lowest BCUT2D eigenvalue weighted by Gasteiger charge is -2.12. The van der Waals surface area contributed by atoms with Gasteiger partial charge in [-0.1, -0.05) is 43.0 Å². The number of nitrogens with zero attached hydrogens (tertiary/aromatic N) is 2. The third-order valence-electron chi connectivity index (χ3n) is 5.39. The van der Waals surface area contributed by atoms with Gasteiger partial charge in [0.15, 0.2) is 11.5 Å². The number of carboxylic acid groups (broad SMARTS) is 1. The Bertz CT molecular complexity index is 1280. The fraction of sp³-hybridized carbons (Fsp3) is 0.240. The van der Waals surface area contributed by atoms with E-state index in [-0.39, 0.29) is 30.9 Å². The topological polar surface area (TPSA) is 134 Å². The Morgan fingerprint density at radius 2 is 1.94 bits per heavy atom. The van der Waals surface area contributed by atoms with Crippen LogP contribution < -0.4 is 20.9 Å². The van der Waals surface area contributed by atoms with Gasteiger partial charge in [-0.05, 0) is 42.2 Å². The van der Waals surface area contributed by atoms with Crippen LogP contribution in [-0.2, 0) is 17.6 Å². The number of nitrogen functional groups attached to an aromatic ring is 2. The summed E-state index contributed by atoms with van der Waals surface area (Å²) in [6.45, 7) is 4.09. The lowest BCUT2D eigenvalue weighted by molar-refractivity contribution is -0.136. The van der Waals surface area contributed by atoms with Crippen molar-refractivity contribution in [2.75, 3.05) is 18.3 Å². The van der Waals surface area contributed by atoms with Gasteiger partial charge < -0.3 is 26.0 Å². The van der Waals surface area contributed by atoms with Crippen molar-refractivity contribution < 1.29 is 19.4 Å². The van der Waals surface area contributed by atoms with Gasteiger partial charge in [-0.2, -0.15) is 4.98 Å². The van der Waals surface area contributed by atoms with E-state index in [9.17, 15) is 4.79 Å². The third-order valence-corrected chi connectivity index (χ3v) is 5.39. The van der Waals surface area contributed by atoms with Gasteiger partial charge in [0.05, 0.1) is 17.7 Å². The maximum absolute atomic E-state index is 11.0. The molecule has 2 aromatic carbocycles. The Hall–Kier alpha value is -4.25. The van der Waals surface area contributed by atoms with Crippen molar-refractivity contribution in [1.29, 1.82) is 0 Å². The fourth-order valence-electron chi connectivity index (χ4n) is 3.67. The van der Waals surface area contributed by atoms with Gasteiger partial charge in [0.1, 0.15) is 5.82 Å². The van der Waals surface area contributed by atoms with Crippen molar-refractivity contribution in [2.45, 2.75) is 32.6 Å². The van der Waals surface area contributed by atoms with E-state index in [2.05, 4.69) is 21.8 Å². The molecule has 0 fully saturated rings. The van der Waals surface area contributed by atoms with Gasteiger partial charge in [0.2, 0.25) is 12.7 Å². The van der Waals surface area contributed by atoms with Crippen LogP contribution >= 0.6 is 0 Å². The van der Waals surface area contributed by atoms with Crippen molar-refractivity contribution in [3.8, 4) is 34.5 Å². The van der Waals surface area contributed by atoms with Crippen LogP contribution in [0.25, 0.3) is 11.1 Å². The molecule has 1 aromatic heterocycles. The highest BCUT2D eigenvalue weighted by atomic mass is 16.7. The average Bonchev–Trinajstić information content (AvgIpc) is 3.26. The molecule has 8 nitrogen and oxygen atoms in total. The molecule has 0 saturated heterocycles. The van der Waals surface area contributed by atoms with E-state index < -0.39 is 5.97 Å². The number of hydrogen-bond donors (Lipinski definition) is 3. The maximum atomic E-state index is 11.0. The van der Waals surface area contributed by atoms with E-state index in [1.807, 2.05) is 38.1 Å². The maximum Gasteiger partial charge on any atom is 0.307 e. The predicted molar refractivity (Wildman–Crippen MR) is 125 cm³/mol. The summed E-state index contributed by atoms with van der Waals surface area (Å²) < 4.78 is 11.4. The van der Waals surface area contributed by atoms with Gasteiger partial charge in [-0.3, -0.25) is 4.79 Å². The zero-order chi connectivity index (χ0) is 23.5. The summed E-state index contributed by atoms with van der Waals surface area (Å²) in [6.07, 6.45) is 0.615. The molecule has 33 heavy (non-hydrogen) atoms. The highest BCUT2D eigenvalue weighted by Gasteiger charge is 2.22. The summed E-state index contributed by atoms with van der Waals surface area (Å²) in [5, 5.41) is 9.00. The predicted octanol–water partition coefficient (Wildman–Crippen LogP) is 3.38. The molecule has 0 unspecified atom stereocenters. The second-order valence-corrected chi connectivity index (χ2v) is 7.70. The van der Waals surface area contributed by atoms with Crippen LogP contribution in [0.1, 0.15) is 42.1 Å². The number of ether oxygens (including phenoxy) is 2. The van der Waals surface area contributed by atoms with E-state index >= 15 is 0 Å². The number of nitrogens with two attached hydrogens (primary N) is 2. The van der Waals surface area contributed by atoms with Crippen LogP contribution in [0.4, 0.5) is 11.8 Å². The molecule has 0 aliphatic carbocycles. The van der Waals surface area contributed by atoms with E-state index in [1.165, 1.54) is 0 Å². The number of aryl methyl sites for hydroxylation is 1. The Labute approximate surface area is 191 Å². The number of carboxylic acids is 1. The SMILES string of the molecule is CCc1nc(N)nc(N)c1C#C[C@@H](C)c1cc2c(c(-c3ccc(CC(=O)O)cc3)c1)OCO2. The van der Waals surface area contributed by atoms with E-state index in [0.717, 1.165) is 22.3 Å². The van der Waals surface area contributed by atoms with Crippen LogP contribution in [0, 0.1) is 11.8 Å². The molecule has 2 heterocycles. The molecule has 0 bridgehead atoms. The Morgan fingerprint density at radius 3 is 2.64 bits per heavy atom. The first-order chi connectivity index (χ1) is 15.9. The zero-order valence-electron chi connectivity index (χ0n) is 18.4. The molecule has 5 N–H and O–H groups in total. The van der Waals surface area contributed by atoms with Crippen LogP contribution in [0.3, 0.4) is 0 Å². The second-order valence-electron chi connectivity index (χ2n) is 7.70. The molecular formula is C25H24N4O4. The molecule has 8 heteroatoms. The number of rotatable bonds is 5. The van der Waals surface area contributed by atoms with Crippen LogP contribution in [0.5, 0.6) is 11.5 Å². The highest BCUT2D eigenvalue weighted by Crippen LogP contribution is 2.43. The molecule has 4 rings (SSSR count). The molecule has 0 radical (unpaired) electrons. The summed E-state index contributed by atoms with van der Waals surface area (Å²) >= 11 is 0. The van der Waals surface area contributed by atoms with Crippen molar-refractivity contribution >= 4 is 17.7 Å². The summed E-state index contributed by atoms with van der Waals surface area (Å²) in [6, 6.07) is 11.3. The normalized spacial score (nSPS) is 12.7. The third kappa shape index (κ3) is 4.67. The van der Waals surface area contributed by atoms with Gasteiger partial charge in [-0.25, -0.2) is 4.98 Å². The minimum atomic E-state index is -0.867. The van der Waals surface area contributed by atoms with E-state index in [0.29, 0.717) is 29.2 Å². The van der Waals surface area contributed by atoms with Crippen LogP contribution in [-0.4, -0.2) is 27.8 Å². The minimum absolute atomic E-state index is 0.0254. The molecular weight excluding hydrogens is 420 g/mol. The van der Waals surface area contributed by atoms with Crippen LogP contribution in [0.2, 0.25) is 0 Å². The van der Waals surface area contributed by atoms with E-state index in [1.54, 1.807) is 12.1 Å². The Kier molecular flexibility index (Phi) is 6.05. The van der Waals surface area contributed by atoms with Gasteiger partial charge in [0, 0.05) is 11.5 Å². The number of benzene rings is 2. The Balaban J connectivity index is 1.69. The first-order valence-corrected chi connectivity index (χ1v) is 10.5. The average molecular weight is 444 g/mol. The monoisotopic (exact) mass is 444 g/mol. The van der Waals surface area contributed by atoms with Crippen molar-refractivity contribution in [3.63, 3.8) is 0 Å². The number of aromatic nitrogens is 2. The number of anilines is 2. The number of carbonyl (C=O) groups is 1. The lowest BCUT2D eigenvalue weighted by atomic mass is 9.94. The molecule has 0 spiro atoms.